The smallest absolute Gasteiger partial charge is 0.261 e. The van der Waals surface area contributed by atoms with E-state index in [-0.39, 0.29) is 16.9 Å². The summed E-state index contributed by atoms with van der Waals surface area (Å²) in [4.78, 5) is 24.3. The molecule has 0 radical (unpaired) electrons. The molecule has 0 saturated heterocycles. The van der Waals surface area contributed by atoms with Crippen LogP contribution in [0.5, 0.6) is 5.75 Å². The Morgan fingerprint density at radius 3 is 2.55 bits per heavy atom. The third kappa shape index (κ3) is 6.87. The molecule has 154 valence electrons. The van der Waals surface area contributed by atoms with Crippen molar-refractivity contribution in [3.05, 3.63) is 53.6 Å². The average Bonchev–Trinajstić information content (AvgIpc) is 2.70. The Morgan fingerprint density at radius 2 is 1.83 bits per heavy atom. The summed E-state index contributed by atoms with van der Waals surface area (Å²) in [5, 5.41) is 8.66. The van der Waals surface area contributed by atoms with E-state index >= 15 is 0 Å². The van der Waals surface area contributed by atoms with Crippen LogP contribution >= 0.6 is 12.2 Å². The van der Waals surface area contributed by atoms with Gasteiger partial charge in [0, 0.05) is 17.8 Å². The molecule has 2 aromatic rings. The Hall–Kier alpha value is -2.93. The highest BCUT2D eigenvalue weighted by atomic mass is 32.1. The summed E-state index contributed by atoms with van der Waals surface area (Å²) in [6, 6.07) is 12.6. The van der Waals surface area contributed by atoms with Crippen molar-refractivity contribution in [1.29, 1.82) is 0 Å². The average molecular weight is 414 g/mol. The maximum Gasteiger partial charge on any atom is 0.261 e. The molecule has 0 fully saturated rings. The van der Waals surface area contributed by atoms with Crippen LogP contribution in [0.4, 0.5) is 11.4 Å². The number of amides is 2. The number of unbranched alkanes of at least 4 members (excludes halogenated alkanes) is 1. The lowest BCUT2D eigenvalue weighted by Gasteiger charge is -2.14. The maximum absolute atomic E-state index is 12.6. The number of carbonyl (C=O) groups is 2. The normalized spacial score (nSPS) is 10.2. The molecule has 2 amide bonds. The minimum Gasteiger partial charge on any atom is -0.493 e. The molecule has 3 N–H and O–H groups in total. The first kappa shape index (κ1) is 22.4. The highest BCUT2D eigenvalue weighted by Crippen LogP contribution is 2.21. The van der Waals surface area contributed by atoms with Crippen molar-refractivity contribution in [2.75, 3.05) is 17.2 Å². The number of anilines is 2. The summed E-state index contributed by atoms with van der Waals surface area (Å²) in [6.45, 7) is 6.33. The zero-order valence-electron chi connectivity index (χ0n) is 17.0. The van der Waals surface area contributed by atoms with Crippen LogP contribution in [0.1, 0.15) is 49.0 Å². The predicted molar refractivity (Wildman–Crippen MR) is 121 cm³/mol. The number of carbonyl (C=O) groups excluding carboxylic acids is 2. The number of thiocarbonyl (C=S) groups is 1. The monoisotopic (exact) mass is 413 g/mol. The highest BCUT2D eigenvalue weighted by molar-refractivity contribution is 7.80. The molecule has 0 saturated carbocycles. The van der Waals surface area contributed by atoms with E-state index in [0.717, 1.165) is 18.4 Å². The maximum atomic E-state index is 12.6. The SMILES string of the molecule is CCCCOc1ccccc1C(=O)NC(=S)Nc1ccc(C)c(NC(=O)CC)c1. The number of para-hydroxylation sites is 1. The van der Waals surface area contributed by atoms with Gasteiger partial charge in [-0.05, 0) is 55.4 Å². The van der Waals surface area contributed by atoms with Crippen molar-refractivity contribution in [3.63, 3.8) is 0 Å². The van der Waals surface area contributed by atoms with Crippen LogP contribution in [0.2, 0.25) is 0 Å². The van der Waals surface area contributed by atoms with Crippen LogP contribution in [-0.2, 0) is 4.79 Å². The minimum absolute atomic E-state index is 0.0687. The molecule has 0 unspecified atom stereocenters. The molecule has 7 heteroatoms. The fraction of sp³-hybridized carbons (Fsp3) is 0.318. The number of aryl methyl sites for hydroxylation is 1. The van der Waals surface area contributed by atoms with E-state index in [0.29, 0.717) is 35.7 Å². The van der Waals surface area contributed by atoms with Crippen LogP contribution in [0.25, 0.3) is 0 Å². The van der Waals surface area contributed by atoms with Crippen molar-refractivity contribution in [2.45, 2.75) is 40.0 Å². The second kappa shape index (κ2) is 11.2. The molecular weight excluding hydrogens is 386 g/mol. The quantitative estimate of drug-likeness (QED) is 0.434. The third-order valence-electron chi connectivity index (χ3n) is 4.20. The van der Waals surface area contributed by atoms with Crippen LogP contribution in [0.15, 0.2) is 42.5 Å². The molecule has 0 atom stereocenters. The van der Waals surface area contributed by atoms with Crippen LogP contribution < -0.4 is 20.7 Å². The van der Waals surface area contributed by atoms with Crippen LogP contribution in [0, 0.1) is 6.92 Å². The molecule has 29 heavy (non-hydrogen) atoms. The van der Waals surface area contributed by atoms with Gasteiger partial charge in [-0.25, -0.2) is 0 Å². The Bertz CT molecular complexity index is 883. The Kier molecular flexibility index (Phi) is 8.61. The molecule has 2 aromatic carbocycles. The minimum atomic E-state index is -0.346. The molecule has 2 rings (SSSR count). The number of hydrogen-bond donors (Lipinski definition) is 3. The van der Waals surface area contributed by atoms with E-state index in [9.17, 15) is 9.59 Å². The Morgan fingerprint density at radius 1 is 1.07 bits per heavy atom. The standard InChI is InChI=1S/C22H27N3O3S/c1-4-6-13-28-19-10-8-7-9-17(19)21(27)25-22(29)23-16-12-11-15(3)18(14-16)24-20(26)5-2/h7-12,14H,4-6,13H2,1-3H3,(H,24,26)(H2,23,25,27,29). The summed E-state index contributed by atoms with van der Waals surface area (Å²) in [7, 11) is 0. The zero-order valence-corrected chi connectivity index (χ0v) is 17.8. The van der Waals surface area contributed by atoms with Gasteiger partial charge in [-0.2, -0.15) is 0 Å². The van der Waals surface area contributed by atoms with Gasteiger partial charge in [0.1, 0.15) is 5.75 Å². The molecule has 0 aliphatic rings. The molecule has 0 spiro atoms. The zero-order chi connectivity index (χ0) is 21.2. The summed E-state index contributed by atoms with van der Waals surface area (Å²) < 4.78 is 5.71. The van der Waals surface area contributed by atoms with Crippen molar-refractivity contribution >= 4 is 40.5 Å². The first-order chi connectivity index (χ1) is 13.9. The number of hydrogen-bond acceptors (Lipinski definition) is 4. The molecule has 0 aliphatic carbocycles. The summed E-state index contributed by atoms with van der Waals surface area (Å²) in [5.41, 5.74) is 2.73. The first-order valence-electron chi connectivity index (χ1n) is 9.69. The summed E-state index contributed by atoms with van der Waals surface area (Å²) in [5.74, 6) is 0.114. The Balaban J connectivity index is 2.03. The van der Waals surface area contributed by atoms with Crippen molar-refractivity contribution < 1.29 is 14.3 Å². The topological polar surface area (TPSA) is 79.5 Å². The van der Waals surface area contributed by atoms with Crippen molar-refractivity contribution in [1.82, 2.24) is 5.32 Å². The van der Waals surface area contributed by atoms with Gasteiger partial charge in [-0.15, -0.1) is 0 Å². The number of nitrogens with one attached hydrogen (secondary N) is 3. The van der Waals surface area contributed by atoms with E-state index in [2.05, 4.69) is 22.9 Å². The fourth-order valence-corrected chi connectivity index (χ4v) is 2.72. The number of rotatable bonds is 8. The largest absolute Gasteiger partial charge is 0.493 e. The van der Waals surface area contributed by atoms with Gasteiger partial charge in [0.2, 0.25) is 5.91 Å². The molecule has 0 aliphatic heterocycles. The summed E-state index contributed by atoms with van der Waals surface area (Å²) >= 11 is 5.28. The lowest BCUT2D eigenvalue weighted by Crippen LogP contribution is -2.34. The Labute approximate surface area is 177 Å². The molecule has 0 heterocycles. The van der Waals surface area contributed by atoms with Gasteiger partial charge in [-0.1, -0.05) is 38.5 Å². The highest BCUT2D eigenvalue weighted by Gasteiger charge is 2.14. The van der Waals surface area contributed by atoms with E-state index in [1.54, 1.807) is 31.2 Å². The number of ether oxygens (including phenoxy) is 1. The molecule has 6 nitrogen and oxygen atoms in total. The van der Waals surface area contributed by atoms with Crippen molar-refractivity contribution in [2.24, 2.45) is 0 Å². The second-order valence-electron chi connectivity index (χ2n) is 6.54. The molecule has 0 bridgehead atoms. The second-order valence-corrected chi connectivity index (χ2v) is 6.95. The van der Waals surface area contributed by atoms with Crippen LogP contribution in [0.3, 0.4) is 0 Å². The molecule has 0 aromatic heterocycles. The first-order valence-corrected chi connectivity index (χ1v) is 10.1. The van der Waals surface area contributed by atoms with Gasteiger partial charge in [0.05, 0.1) is 12.2 Å². The predicted octanol–water partition coefficient (Wildman–Crippen LogP) is 4.65. The van der Waals surface area contributed by atoms with E-state index < -0.39 is 0 Å². The van der Waals surface area contributed by atoms with E-state index in [1.165, 1.54) is 0 Å². The third-order valence-corrected chi connectivity index (χ3v) is 4.41. The van der Waals surface area contributed by atoms with Crippen molar-refractivity contribution in [3.8, 4) is 5.75 Å². The summed E-state index contributed by atoms with van der Waals surface area (Å²) in [6.07, 6.45) is 2.32. The van der Waals surface area contributed by atoms with E-state index in [4.69, 9.17) is 17.0 Å². The van der Waals surface area contributed by atoms with Gasteiger partial charge in [0.25, 0.3) is 5.91 Å². The fourth-order valence-electron chi connectivity index (χ4n) is 2.51. The van der Waals surface area contributed by atoms with Gasteiger partial charge < -0.3 is 15.4 Å². The lowest BCUT2D eigenvalue weighted by molar-refractivity contribution is -0.115. The molecular formula is C22H27N3O3S. The van der Waals surface area contributed by atoms with Crippen LogP contribution in [-0.4, -0.2) is 23.5 Å². The number of benzene rings is 2. The van der Waals surface area contributed by atoms with E-state index in [1.807, 2.05) is 25.1 Å². The van der Waals surface area contributed by atoms with Gasteiger partial charge in [0.15, 0.2) is 5.11 Å². The lowest BCUT2D eigenvalue weighted by atomic mass is 10.1. The van der Waals surface area contributed by atoms with Gasteiger partial charge in [-0.3, -0.25) is 14.9 Å². The van der Waals surface area contributed by atoms with Gasteiger partial charge >= 0.3 is 0 Å².